The number of nitrogens with zero attached hydrogens (tertiary/aromatic N) is 5. The van der Waals surface area contributed by atoms with E-state index in [1.165, 1.54) is 31.1 Å². The minimum Gasteiger partial charge on any atom is -0.394 e. The minimum atomic E-state index is -1.26. The Morgan fingerprint density at radius 3 is 2.66 bits per heavy atom. The van der Waals surface area contributed by atoms with E-state index in [-0.39, 0.29) is 22.6 Å². The molecule has 0 spiro atoms. The molecule has 0 amide bonds. The Balaban J connectivity index is 1.70. The zero-order chi connectivity index (χ0) is 25.3. The number of rotatable bonds is 6. The molecule has 13 heteroatoms. The van der Waals surface area contributed by atoms with Crippen molar-refractivity contribution in [3.05, 3.63) is 64.2 Å². The highest BCUT2D eigenvalue weighted by Gasteiger charge is 2.47. The summed E-state index contributed by atoms with van der Waals surface area (Å²) in [6.45, 7) is 8.17. The molecule has 1 saturated heterocycles. The SMILES string of the molecule is [C-]#[N+]c1ncc(Cl)cc1S[C@H]1OC(CO)[C@H](O)[C@H](n2cc(-c3cc(F)c(C)c(F)c3)nn2)C1OC. The molecule has 1 fully saturated rings. The second-order valence-electron chi connectivity index (χ2n) is 7.76. The Kier molecular flexibility index (Phi) is 7.65. The van der Waals surface area contributed by atoms with Crippen LogP contribution in [0.1, 0.15) is 11.6 Å². The van der Waals surface area contributed by atoms with Gasteiger partial charge in [-0.15, -0.1) is 21.8 Å². The molecule has 2 aromatic heterocycles. The normalized spacial score (nSPS) is 24.3. The molecule has 3 aromatic rings. The minimum absolute atomic E-state index is 0.104. The number of methoxy groups -OCH3 is 1. The Labute approximate surface area is 208 Å². The van der Waals surface area contributed by atoms with Crippen LogP contribution in [-0.2, 0) is 9.47 Å². The van der Waals surface area contributed by atoms with Gasteiger partial charge in [0.1, 0.15) is 53.3 Å². The number of benzene rings is 1. The highest BCUT2D eigenvalue weighted by atomic mass is 35.5. The van der Waals surface area contributed by atoms with E-state index in [4.69, 9.17) is 27.6 Å². The van der Waals surface area contributed by atoms with Crippen LogP contribution in [0.2, 0.25) is 5.02 Å². The summed E-state index contributed by atoms with van der Waals surface area (Å²) in [5.74, 6) is -1.34. The summed E-state index contributed by atoms with van der Waals surface area (Å²) < 4.78 is 41.0. The molecule has 184 valence electrons. The molecule has 35 heavy (non-hydrogen) atoms. The van der Waals surface area contributed by atoms with Crippen molar-refractivity contribution in [1.29, 1.82) is 0 Å². The molecule has 1 aliphatic heterocycles. The number of aromatic nitrogens is 4. The standard InChI is InChI=1S/C22H20ClF2N5O4S/c1-10-13(24)4-11(5-14(10)25)15-8-30(29-28-15)18-19(32)16(9-31)34-22(20(18)33-3)35-17-6-12(23)7-27-21(17)26-2/h4-8,16,18-20,22,31-32H,9H2,1,3H3/t16?,18-,19-,20?,22+/m0/s1. The largest absolute Gasteiger partial charge is 0.394 e. The van der Waals surface area contributed by atoms with Crippen molar-refractivity contribution in [2.75, 3.05) is 13.7 Å². The van der Waals surface area contributed by atoms with Crippen molar-refractivity contribution >= 4 is 29.2 Å². The van der Waals surface area contributed by atoms with Crippen molar-refractivity contribution in [3.8, 4) is 11.3 Å². The summed E-state index contributed by atoms with van der Waals surface area (Å²) in [4.78, 5) is 7.83. The van der Waals surface area contributed by atoms with E-state index in [1.807, 2.05) is 0 Å². The lowest BCUT2D eigenvalue weighted by Crippen LogP contribution is -2.55. The van der Waals surface area contributed by atoms with Crippen LogP contribution in [0.4, 0.5) is 14.6 Å². The van der Waals surface area contributed by atoms with Gasteiger partial charge in [-0.2, -0.15) is 0 Å². The molecule has 1 aromatic carbocycles. The van der Waals surface area contributed by atoms with E-state index in [0.29, 0.717) is 9.92 Å². The number of aliphatic hydroxyl groups excluding tert-OH is 2. The first-order valence-corrected chi connectivity index (χ1v) is 11.6. The second kappa shape index (κ2) is 10.5. The Hall–Kier alpha value is -2.66. The van der Waals surface area contributed by atoms with Crippen LogP contribution in [-0.4, -0.2) is 67.7 Å². The number of hydrogen-bond acceptors (Lipinski definition) is 8. The van der Waals surface area contributed by atoms with Gasteiger partial charge in [-0.1, -0.05) is 23.4 Å². The van der Waals surface area contributed by atoms with Crippen LogP contribution in [0.25, 0.3) is 16.1 Å². The predicted octanol–water partition coefficient (Wildman–Crippen LogP) is 3.56. The van der Waals surface area contributed by atoms with Gasteiger partial charge in [0.05, 0.1) is 17.8 Å². The van der Waals surface area contributed by atoms with Crippen molar-refractivity contribution < 1.29 is 28.5 Å². The van der Waals surface area contributed by atoms with Gasteiger partial charge in [-0.3, -0.25) is 0 Å². The number of pyridine rings is 1. The fourth-order valence-electron chi connectivity index (χ4n) is 3.77. The van der Waals surface area contributed by atoms with Crippen LogP contribution in [0, 0.1) is 25.1 Å². The Morgan fingerprint density at radius 2 is 2.03 bits per heavy atom. The predicted molar refractivity (Wildman–Crippen MR) is 123 cm³/mol. The number of halogens is 3. The third kappa shape index (κ3) is 5.02. The van der Waals surface area contributed by atoms with Gasteiger partial charge in [-0.25, -0.2) is 13.5 Å². The molecular formula is C22H20ClF2N5O4S. The fraction of sp³-hybridized carbons (Fsp3) is 0.364. The number of hydrogen-bond donors (Lipinski definition) is 2. The smallest absolute Gasteiger partial charge is 0.283 e. The van der Waals surface area contributed by atoms with Crippen molar-refractivity contribution in [3.63, 3.8) is 0 Å². The number of thioether (sulfide) groups is 1. The first kappa shape index (κ1) is 25.4. The molecule has 0 bridgehead atoms. The quantitative estimate of drug-likeness (QED) is 0.472. The van der Waals surface area contributed by atoms with Crippen LogP contribution < -0.4 is 0 Å². The van der Waals surface area contributed by atoms with E-state index in [1.54, 1.807) is 6.07 Å². The first-order chi connectivity index (χ1) is 16.8. The second-order valence-corrected chi connectivity index (χ2v) is 9.34. The summed E-state index contributed by atoms with van der Waals surface area (Å²) in [7, 11) is 1.41. The summed E-state index contributed by atoms with van der Waals surface area (Å²) in [6.07, 6.45) is -0.340. The van der Waals surface area contributed by atoms with E-state index in [2.05, 4.69) is 20.1 Å². The molecular weight excluding hydrogens is 504 g/mol. The highest BCUT2D eigenvalue weighted by Crippen LogP contribution is 2.42. The number of ether oxygens (including phenoxy) is 2. The summed E-state index contributed by atoms with van der Waals surface area (Å²) in [5, 5.41) is 29.2. The highest BCUT2D eigenvalue weighted by molar-refractivity contribution is 8.00. The monoisotopic (exact) mass is 523 g/mol. The zero-order valence-electron chi connectivity index (χ0n) is 18.5. The lowest BCUT2D eigenvalue weighted by Gasteiger charge is -2.43. The average Bonchev–Trinajstić information content (AvgIpc) is 3.32. The molecule has 1 aliphatic rings. The third-order valence-corrected chi connectivity index (χ3v) is 7.01. The Morgan fingerprint density at radius 1 is 1.31 bits per heavy atom. The molecule has 0 saturated carbocycles. The lowest BCUT2D eigenvalue weighted by molar-refractivity contribution is -0.186. The molecule has 4 rings (SSSR count). The van der Waals surface area contributed by atoms with Gasteiger partial charge in [0.15, 0.2) is 0 Å². The molecule has 3 heterocycles. The zero-order valence-corrected chi connectivity index (χ0v) is 20.0. The summed E-state index contributed by atoms with van der Waals surface area (Å²) in [6, 6.07) is 2.96. The molecule has 0 aliphatic carbocycles. The Bertz CT molecular complexity index is 1250. The van der Waals surface area contributed by atoms with E-state index < -0.39 is 48.0 Å². The molecule has 5 atom stereocenters. The maximum Gasteiger partial charge on any atom is 0.283 e. The van der Waals surface area contributed by atoms with Gasteiger partial charge in [0.2, 0.25) is 0 Å². The van der Waals surface area contributed by atoms with Crippen LogP contribution in [0.5, 0.6) is 0 Å². The van der Waals surface area contributed by atoms with E-state index in [0.717, 1.165) is 23.9 Å². The lowest BCUT2D eigenvalue weighted by atomic mass is 9.97. The molecule has 0 radical (unpaired) electrons. The van der Waals surface area contributed by atoms with Gasteiger partial charge in [0, 0.05) is 23.1 Å². The maximum atomic E-state index is 14.1. The van der Waals surface area contributed by atoms with Crippen LogP contribution >= 0.6 is 23.4 Å². The van der Waals surface area contributed by atoms with Gasteiger partial charge in [-0.05, 0) is 25.1 Å². The van der Waals surface area contributed by atoms with E-state index in [9.17, 15) is 19.0 Å². The summed E-state index contributed by atoms with van der Waals surface area (Å²) >= 11 is 7.15. The van der Waals surface area contributed by atoms with Crippen LogP contribution in [0.3, 0.4) is 0 Å². The number of aliphatic hydroxyl groups is 2. The average molecular weight is 524 g/mol. The van der Waals surface area contributed by atoms with E-state index >= 15 is 0 Å². The van der Waals surface area contributed by atoms with Crippen molar-refractivity contribution in [2.45, 2.75) is 41.6 Å². The summed E-state index contributed by atoms with van der Waals surface area (Å²) in [5.41, 5.74) is -0.576. The molecule has 9 nitrogen and oxygen atoms in total. The molecule has 2 unspecified atom stereocenters. The van der Waals surface area contributed by atoms with Crippen molar-refractivity contribution in [2.24, 2.45) is 0 Å². The topological polar surface area (TPSA) is 107 Å². The molecule has 2 N–H and O–H groups in total. The first-order valence-electron chi connectivity index (χ1n) is 10.3. The third-order valence-electron chi connectivity index (χ3n) is 5.64. The van der Waals surface area contributed by atoms with Gasteiger partial charge >= 0.3 is 0 Å². The van der Waals surface area contributed by atoms with Crippen molar-refractivity contribution in [1.82, 2.24) is 20.0 Å². The maximum absolute atomic E-state index is 14.1. The van der Waals surface area contributed by atoms with Gasteiger partial charge < -0.3 is 24.5 Å². The van der Waals surface area contributed by atoms with Gasteiger partial charge in [0.25, 0.3) is 5.82 Å². The fourth-order valence-corrected chi connectivity index (χ4v) is 5.24. The van der Waals surface area contributed by atoms with Crippen LogP contribution in [0.15, 0.2) is 35.5 Å².